The lowest BCUT2D eigenvalue weighted by atomic mass is 9.97. The van der Waals surface area contributed by atoms with Crippen LogP contribution in [0.15, 0.2) is 24.3 Å². The molecule has 1 rings (SSSR count). The summed E-state index contributed by atoms with van der Waals surface area (Å²) in [6.07, 6.45) is 0.702. The van der Waals surface area contributed by atoms with Crippen molar-refractivity contribution in [3.63, 3.8) is 0 Å². The fourth-order valence-corrected chi connectivity index (χ4v) is 1.29. The van der Waals surface area contributed by atoms with Gasteiger partial charge in [-0.15, -0.1) is 0 Å². The summed E-state index contributed by atoms with van der Waals surface area (Å²) in [5.41, 5.74) is 1.55. The van der Waals surface area contributed by atoms with Crippen molar-refractivity contribution in [2.24, 2.45) is 5.41 Å². The molecule has 94 valence electrons. The monoisotopic (exact) mass is 236 g/mol. The molecule has 3 heteroatoms. The van der Waals surface area contributed by atoms with Gasteiger partial charge in [-0.2, -0.15) is 0 Å². The number of carbonyl (C=O) groups is 1. The zero-order chi connectivity index (χ0) is 12.9. The van der Waals surface area contributed by atoms with Crippen molar-refractivity contribution in [3.8, 4) is 0 Å². The second-order valence-corrected chi connectivity index (χ2v) is 5.11. The van der Waals surface area contributed by atoms with Gasteiger partial charge >= 0.3 is 5.97 Å². The van der Waals surface area contributed by atoms with Crippen molar-refractivity contribution in [2.45, 2.75) is 33.8 Å². The molecule has 0 spiro atoms. The Kier molecular flexibility index (Phi) is 4.70. The highest BCUT2D eigenvalue weighted by atomic mass is 16.5. The smallest absolute Gasteiger partial charge is 0.311 e. The summed E-state index contributed by atoms with van der Waals surface area (Å²) < 4.78 is 5.18. The summed E-state index contributed by atoms with van der Waals surface area (Å²) in [4.78, 5) is 11.5. The van der Waals surface area contributed by atoms with E-state index in [4.69, 9.17) is 9.84 Å². The van der Waals surface area contributed by atoms with E-state index in [9.17, 15) is 4.79 Å². The molecule has 0 fully saturated rings. The van der Waals surface area contributed by atoms with Crippen molar-refractivity contribution >= 4 is 5.97 Å². The maximum absolute atomic E-state index is 11.5. The molecule has 1 aromatic carbocycles. The number of hydrogen-bond donors (Lipinski definition) is 1. The summed E-state index contributed by atoms with van der Waals surface area (Å²) in [6, 6.07) is 7.63. The number of aliphatic hydroxyl groups excluding tert-OH is 1. The molecular formula is C14H20O3. The lowest BCUT2D eigenvalue weighted by Crippen LogP contribution is -2.23. The molecule has 0 radical (unpaired) electrons. The van der Waals surface area contributed by atoms with Gasteiger partial charge in [-0.25, -0.2) is 0 Å². The number of aliphatic hydroxyl groups is 1. The molecule has 0 bridgehead atoms. The van der Waals surface area contributed by atoms with Crippen molar-refractivity contribution in [3.05, 3.63) is 35.4 Å². The predicted octanol–water partition coefficient (Wildman–Crippen LogP) is 2.31. The lowest BCUT2D eigenvalue weighted by Gasteiger charge is -2.16. The van der Waals surface area contributed by atoms with E-state index in [2.05, 4.69) is 0 Å². The van der Waals surface area contributed by atoms with E-state index in [1.54, 1.807) is 0 Å². The van der Waals surface area contributed by atoms with Crippen LogP contribution in [0.2, 0.25) is 0 Å². The summed E-state index contributed by atoms with van der Waals surface area (Å²) in [7, 11) is 0. The Bertz CT molecular complexity index is 360. The number of hydrogen-bond acceptors (Lipinski definition) is 3. The van der Waals surface area contributed by atoms with Gasteiger partial charge in [0, 0.05) is 6.42 Å². The molecule has 0 amide bonds. The summed E-state index contributed by atoms with van der Waals surface area (Å²) in [5.74, 6) is -0.176. The van der Waals surface area contributed by atoms with Crippen LogP contribution in [-0.4, -0.2) is 17.7 Å². The summed E-state index contributed by atoms with van der Waals surface area (Å²) >= 11 is 0. The molecule has 1 aromatic rings. The van der Waals surface area contributed by atoms with E-state index in [1.807, 2.05) is 45.0 Å². The molecule has 1 N–H and O–H groups in total. The zero-order valence-electron chi connectivity index (χ0n) is 10.7. The molecular weight excluding hydrogens is 216 g/mol. The number of rotatable bonds is 4. The van der Waals surface area contributed by atoms with Crippen LogP contribution in [0.3, 0.4) is 0 Å². The fourth-order valence-electron chi connectivity index (χ4n) is 1.29. The molecule has 0 aliphatic rings. The molecule has 0 aromatic heterocycles. The van der Waals surface area contributed by atoms with Gasteiger partial charge in [-0.1, -0.05) is 24.3 Å². The number of benzene rings is 1. The third-order valence-electron chi connectivity index (χ3n) is 2.44. The molecule has 0 aliphatic heterocycles. The van der Waals surface area contributed by atoms with Crippen LogP contribution in [0.1, 0.15) is 31.9 Å². The molecule has 3 nitrogen and oxygen atoms in total. The maximum Gasteiger partial charge on any atom is 0.311 e. The minimum Gasteiger partial charge on any atom is -0.465 e. The molecule has 0 saturated heterocycles. The first-order valence-electron chi connectivity index (χ1n) is 5.79. The molecule has 0 atom stereocenters. The highest BCUT2D eigenvalue weighted by Crippen LogP contribution is 2.15. The molecule has 0 heterocycles. The second-order valence-electron chi connectivity index (χ2n) is 5.11. The van der Waals surface area contributed by atoms with Gasteiger partial charge < -0.3 is 9.84 Å². The average molecular weight is 236 g/mol. The number of esters is 1. The van der Waals surface area contributed by atoms with Crippen molar-refractivity contribution in [1.29, 1.82) is 0 Å². The first kappa shape index (κ1) is 13.7. The zero-order valence-corrected chi connectivity index (χ0v) is 10.7. The Morgan fingerprint density at radius 2 is 1.71 bits per heavy atom. The predicted molar refractivity (Wildman–Crippen MR) is 66.5 cm³/mol. The van der Waals surface area contributed by atoms with Crippen LogP contribution in [0, 0.1) is 5.41 Å². The standard InChI is InChI=1S/C14H20O3/c1-14(2,3)13(16)17-9-8-11-4-6-12(10-15)7-5-11/h4-7,15H,8-10H2,1-3H3. The van der Waals surface area contributed by atoms with Crippen LogP contribution in [0.25, 0.3) is 0 Å². The van der Waals surface area contributed by atoms with Crippen molar-refractivity contribution in [2.75, 3.05) is 6.61 Å². The Balaban J connectivity index is 2.38. The lowest BCUT2D eigenvalue weighted by molar-refractivity contribution is -0.152. The third-order valence-corrected chi connectivity index (χ3v) is 2.44. The molecule has 0 aliphatic carbocycles. The molecule has 0 saturated carbocycles. The minimum atomic E-state index is -0.444. The van der Waals surface area contributed by atoms with Gasteiger partial charge in [0.2, 0.25) is 0 Å². The second kappa shape index (κ2) is 5.82. The van der Waals surface area contributed by atoms with Crippen LogP contribution in [0.5, 0.6) is 0 Å². The Morgan fingerprint density at radius 1 is 1.18 bits per heavy atom. The third kappa shape index (κ3) is 4.57. The molecule has 0 unspecified atom stereocenters. The minimum absolute atomic E-state index is 0.0549. The van der Waals surface area contributed by atoms with E-state index < -0.39 is 5.41 Å². The van der Waals surface area contributed by atoms with Crippen LogP contribution in [0.4, 0.5) is 0 Å². The topological polar surface area (TPSA) is 46.5 Å². The Morgan fingerprint density at radius 3 is 2.18 bits per heavy atom. The Labute approximate surface area is 102 Å². The van der Waals surface area contributed by atoms with E-state index in [-0.39, 0.29) is 12.6 Å². The normalized spacial score (nSPS) is 11.3. The summed E-state index contributed by atoms with van der Waals surface area (Å²) in [6.45, 7) is 5.97. The van der Waals surface area contributed by atoms with Crippen molar-refractivity contribution in [1.82, 2.24) is 0 Å². The first-order valence-corrected chi connectivity index (χ1v) is 5.79. The van der Waals surface area contributed by atoms with Gasteiger partial charge in [0.05, 0.1) is 18.6 Å². The van der Waals surface area contributed by atoms with Crippen LogP contribution >= 0.6 is 0 Å². The van der Waals surface area contributed by atoms with E-state index >= 15 is 0 Å². The average Bonchev–Trinajstić information content (AvgIpc) is 2.28. The Hall–Kier alpha value is -1.35. The van der Waals surface area contributed by atoms with E-state index in [0.717, 1.165) is 11.1 Å². The number of carbonyl (C=O) groups excluding carboxylic acids is 1. The highest BCUT2D eigenvalue weighted by Gasteiger charge is 2.22. The van der Waals surface area contributed by atoms with E-state index in [1.165, 1.54) is 0 Å². The maximum atomic E-state index is 11.5. The summed E-state index contributed by atoms with van der Waals surface area (Å²) in [5, 5.41) is 8.90. The van der Waals surface area contributed by atoms with Gasteiger partial charge in [-0.05, 0) is 31.9 Å². The van der Waals surface area contributed by atoms with Gasteiger partial charge in [0.25, 0.3) is 0 Å². The first-order chi connectivity index (χ1) is 7.93. The van der Waals surface area contributed by atoms with Gasteiger partial charge in [0.1, 0.15) is 0 Å². The SMILES string of the molecule is CC(C)(C)C(=O)OCCc1ccc(CO)cc1. The number of ether oxygens (including phenoxy) is 1. The van der Waals surface area contributed by atoms with E-state index in [0.29, 0.717) is 13.0 Å². The molecule has 17 heavy (non-hydrogen) atoms. The largest absolute Gasteiger partial charge is 0.465 e. The van der Waals surface area contributed by atoms with Crippen LogP contribution in [-0.2, 0) is 22.6 Å². The van der Waals surface area contributed by atoms with Crippen molar-refractivity contribution < 1.29 is 14.6 Å². The van der Waals surface area contributed by atoms with Crippen LogP contribution < -0.4 is 0 Å². The fraction of sp³-hybridized carbons (Fsp3) is 0.500. The van der Waals surface area contributed by atoms with Gasteiger partial charge in [0.15, 0.2) is 0 Å². The van der Waals surface area contributed by atoms with Gasteiger partial charge in [-0.3, -0.25) is 4.79 Å². The highest BCUT2D eigenvalue weighted by molar-refractivity contribution is 5.75. The quantitative estimate of drug-likeness (QED) is 0.816.